The Balaban J connectivity index is 1.61. The van der Waals surface area contributed by atoms with Crippen molar-refractivity contribution in [2.75, 3.05) is 19.7 Å². The summed E-state index contributed by atoms with van der Waals surface area (Å²) in [5.41, 5.74) is 5.47. The lowest BCUT2D eigenvalue weighted by Crippen LogP contribution is -2.51. The molecule has 2 heterocycles. The minimum absolute atomic E-state index is 0.228. The van der Waals surface area contributed by atoms with Crippen LogP contribution in [0.5, 0.6) is 0 Å². The quantitative estimate of drug-likeness (QED) is 0.762. The lowest BCUT2D eigenvalue weighted by atomic mass is 9.99. The predicted octanol–water partition coefficient (Wildman–Crippen LogP) is 0.663. The van der Waals surface area contributed by atoms with E-state index in [0.29, 0.717) is 24.9 Å². The monoisotopic (exact) mass is 268 g/mol. The van der Waals surface area contributed by atoms with Crippen LogP contribution in [0.2, 0.25) is 0 Å². The van der Waals surface area contributed by atoms with Gasteiger partial charge in [0.1, 0.15) is 5.54 Å². The Kier molecular flexibility index (Phi) is 3.53. The maximum atomic E-state index is 11.9. The second-order valence-corrected chi connectivity index (χ2v) is 6.18. The van der Waals surface area contributed by atoms with Crippen LogP contribution in [-0.4, -0.2) is 54.4 Å². The highest BCUT2D eigenvalue weighted by Crippen LogP contribution is 2.36. The molecule has 3 aliphatic rings. The smallest absolute Gasteiger partial charge is 0.326 e. The van der Waals surface area contributed by atoms with Crippen molar-refractivity contribution in [1.29, 1.82) is 0 Å². The zero-order valence-electron chi connectivity index (χ0n) is 11.6. The average molecular weight is 268 g/mol. The van der Waals surface area contributed by atoms with Crippen molar-refractivity contribution in [2.24, 2.45) is 5.73 Å². The third-order valence-electron chi connectivity index (χ3n) is 4.79. The summed E-state index contributed by atoms with van der Waals surface area (Å²) in [6, 6.07) is 0.418. The Morgan fingerprint density at radius 1 is 1.37 bits per heavy atom. The summed E-state index contributed by atoms with van der Waals surface area (Å²) >= 11 is 0. The number of morpholine rings is 1. The van der Waals surface area contributed by atoms with Crippen LogP contribution in [0.25, 0.3) is 0 Å². The second kappa shape index (κ2) is 5.04. The van der Waals surface area contributed by atoms with Gasteiger partial charge in [-0.1, -0.05) is 0 Å². The highest BCUT2D eigenvalue weighted by Gasteiger charge is 2.47. The lowest BCUT2D eigenvalue weighted by molar-refractivity contribution is -0.149. The van der Waals surface area contributed by atoms with E-state index in [4.69, 9.17) is 15.2 Å². The number of likely N-dealkylation sites (tertiary alicyclic amines) is 1. The van der Waals surface area contributed by atoms with Gasteiger partial charge in [0.15, 0.2) is 0 Å². The Hall–Kier alpha value is -0.650. The first-order valence-corrected chi connectivity index (χ1v) is 7.46. The standard InChI is InChI=1S/C14H24N2O3/c1-2-18-13(17)14(15)6-5-10(7-14)16-8-11-3-4-12(9-16)19-11/h10-12H,2-9,15H2,1H3. The van der Waals surface area contributed by atoms with Gasteiger partial charge in [0, 0.05) is 19.1 Å². The number of carbonyl (C=O) groups excluding carboxylic acids is 1. The van der Waals surface area contributed by atoms with Gasteiger partial charge in [0.2, 0.25) is 0 Å². The highest BCUT2D eigenvalue weighted by molar-refractivity contribution is 5.81. The van der Waals surface area contributed by atoms with Gasteiger partial charge in [-0.15, -0.1) is 0 Å². The molecular weight excluding hydrogens is 244 g/mol. The van der Waals surface area contributed by atoms with Gasteiger partial charge < -0.3 is 15.2 Å². The topological polar surface area (TPSA) is 64.8 Å². The van der Waals surface area contributed by atoms with Crippen molar-refractivity contribution in [2.45, 2.75) is 62.8 Å². The number of nitrogens with zero attached hydrogens (tertiary/aromatic N) is 1. The SMILES string of the molecule is CCOC(=O)C1(N)CCC(N2CC3CCC(C2)O3)C1. The third-order valence-corrected chi connectivity index (χ3v) is 4.79. The van der Waals surface area contributed by atoms with Crippen LogP contribution >= 0.6 is 0 Å². The molecule has 3 rings (SSSR count). The summed E-state index contributed by atoms with van der Waals surface area (Å²) in [5.74, 6) is -0.228. The van der Waals surface area contributed by atoms with Crippen LogP contribution in [0.15, 0.2) is 0 Å². The van der Waals surface area contributed by atoms with E-state index in [1.165, 1.54) is 12.8 Å². The number of nitrogens with two attached hydrogens (primary N) is 1. The zero-order valence-corrected chi connectivity index (χ0v) is 11.6. The molecule has 2 saturated heterocycles. The van der Waals surface area contributed by atoms with Gasteiger partial charge in [-0.2, -0.15) is 0 Å². The first-order valence-electron chi connectivity index (χ1n) is 7.46. The molecule has 5 nitrogen and oxygen atoms in total. The molecule has 2 N–H and O–H groups in total. The molecule has 0 spiro atoms. The molecule has 4 unspecified atom stereocenters. The molecule has 2 aliphatic heterocycles. The number of hydrogen-bond acceptors (Lipinski definition) is 5. The van der Waals surface area contributed by atoms with Crippen LogP contribution in [0.4, 0.5) is 0 Å². The summed E-state index contributed by atoms with van der Waals surface area (Å²) in [6.45, 7) is 4.23. The van der Waals surface area contributed by atoms with Gasteiger partial charge in [0.25, 0.3) is 0 Å². The molecule has 0 amide bonds. The number of rotatable bonds is 3. The fraction of sp³-hybridized carbons (Fsp3) is 0.929. The van der Waals surface area contributed by atoms with E-state index in [1.807, 2.05) is 6.92 Å². The average Bonchev–Trinajstić information content (AvgIpc) is 2.94. The minimum Gasteiger partial charge on any atom is -0.465 e. The molecule has 0 radical (unpaired) electrons. The third kappa shape index (κ3) is 2.51. The maximum absolute atomic E-state index is 11.9. The van der Waals surface area contributed by atoms with Gasteiger partial charge >= 0.3 is 5.97 Å². The minimum atomic E-state index is -0.766. The van der Waals surface area contributed by atoms with Gasteiger partial charge in [-0.05, 0) is 39.0 Å². The van der Waals surface area contributed by atoms with E-state index in [9.17, 15) is 4.79 Å². The highest BCUT2D eigenvalue weighted by atomic mass is 16.5. The number of fused-ring (bicyclic) bond motifs is 2. The van der Waals surface area contributed by atoms with Crippen LogP contribution in [0.1, 0.15) is 39.0 Å². The molecule has 2 bridgehead atoms. The largest absolute Gasteiger partial charge is 0.465 e. The van der Waals surface area contributed by atoms with Crippen molar-refractivity contribution in [3.8, 4) is 0 Å². The predicted molar refractivity (Wildman–Crippen MR) is 70.7 cm³/mol. The fourth-order valence-corrected chi connectivity index (χ4v) is 3.77. The number of hydrogen-bond donors (Lipinski definition) is 1. The fourth-order valence-electron chi connectivity index (χ4n) is 3.77. The normalized spacial score (nSPS) is 42.5. The summed E-state index contributed by atoms with van der Waals surface area (Å²) in [7, 11) is 0. The summed E-state index contributed by atoms with van der Waals surface area (Å²) in [5, 5.41) is 0. The van der Waals surface area contributed by atoms with Crippen LogP contribution in [0.3, 0.4) is 0 Å². The molecule has 0 aromatic rings. The summed E-state index contributed by atoms with van der Waals surface area (Å²) < 4.78 is 11.0. The van der Waals surface area contributed by atoms with Crippen LogP contribution in [-0.2, 0) is 14.3 Å². The van der Waals surface area contributed by atoms with E-state index >= 15 is 0 Å². The van der Waals surface area contributed by atoms with E-state index in [2.05, 4.69) is 4.90 Å². The molecule has 0 aromatic carbocycles. The van der Waals surface area contributed by atoms with E-state index in [-0.39, 0.29) is 5.97 Å². The van der Waals surface area contributed by atoms with Gasteiger partial charge in [-0.25, -0.2) is 0 Å². The summed E-state index contributed by atoms with van der Waals surface area (Å²) in [4.78, 5) is 14.4. The lowest BCUT2D eigenvalue weighted by Gasteiger charge is -2.36. The van der Waals surface area contributed by atoms with Crippen molar-refractivity contribution in [3.63, 3.8) is 0 Å². The maximum Gasteiger partial charge on any atom is 0.326 e. The Labute approximate surface area is 114 Å². The number of esters is 1. The van der Waals surface area contributed by atoms with Gasteiger partial charge in [-0.3, -0.25) is 9.69 Å². The summed E-state index contributed by atoms with van der Waals surface area (Å²) in [6.07, 6.45) is 5.62. The molecule has 3 fully saturated rings. The molecule has 4 atom stereocenters. The number of carbonyl (C=O) groups is 1. The molecule has 0 aromatic heterocycles. The van der Waals surface area contributed by atoms with E-state index in [1.54, 1.807) is 0 Å². The molecule has 19 heavy (non-hydrogen) atoms. The van der Waals surface area contributed by atoms with Gasteiger partial charge in [0.05, 0.1) is 18.8 Å². The second-order valence-electron chi connectivity index (χ2n) is 6.18. The molecule has 1 saturated carbocycles. The number of ether oxygens (including phenoxy) is 2. The van der Waals surface area contributed by atoms with Crippen molar-refractivity contribution in [3.05, 3.63) is 0 Å². The van der Waals surface area contributed by atoms with Crippen molar-refractivity contribution in [1.82, 2.24) is 4.90 Å². The van der Waals surface area contributed by atoms with E-state index in [0.717, 1.165) is 32.4 Å². The first kappa shape index (κ1) is 13.3. The zero-order chi connectivity index (χ0) is 13.5. The first-order chi connectivity index (χ1) is 9.10. The van der Waals surface area contributed by atoms with Crippen LogP contribution in [0, 0.1) is 0 Å². The van der Waals surface area contributed by atoms with Crippen molar-refractivity contribution >= 4 is 5.97 Å². The molecular formula is C14H24N2O3. The molecule has 108 valence electrons. The Morgan fingerprint density at radius 3 is 2.68 bits per heavy atom. The van der Waals surface area contributed by atoms with E-state index < -0.39 is 5.54 Å². The van der Waals surface area contributed by atoms with Crippen molar-refractivity contribution < 1.29 is 14.3 Å². The Morgan fingerprint density at radius 2 is 2.05 bits per heavy atom. The van der Waals surface area contributed by atoms with Crippen LogP contribution < -0.4 is 5.73 Å². The Bertz CT molecular complexity index is 351. The molecule has 5 heteroatoms. The molecule has 1 aliphatic carbocycles.